The van der Waals surface area contributed by atoms with Crippen molar-refractivity contribution in [3.63, 3.8) is 0 Å². The molecule has 92 valence electrons. The minimum Gasteiger partial charge on any atom is -0.342 e. The van der Waals surface area contributed by atoms with Crippen molar-refractivity contribution in [2.45, 2.75) is 13.8 Å². The Morgan fingerprint density at radius 1 is 1.39 bits per heavy atom. The van der Waals surface area contributed by atoms with Gasteiger partial charge < -0.3 is 4.90 Å². The molecule has 1 aliphatic heterocycles. The van der Waals surface area contributed by atoms with Crippen LogP contribution in [0.1, 0.15) is 24.5 Å². The van der Waals surface area contributed by atoms with Crippen LogP contribution in [0, 0.1) is 11.3 Å². The lowest BCUT2D eigenvalue weighted by Gasteiger charge is -2.51. The Morgan fingerprint density at radius 3 is 2.78 bits per heavy atom. The van der Waals surface area contributed by atoms with Gasteiger partial charge in [0.05, 0.1) is 18.1 Å². The van der Waals surface area contributed by atoms with Crippen LogP contribution in [0.4, 0.5) is 5.69 Å². The second-order valence-corrected chi connectivity index (χ2v) is 5.35. The molecular formula is C14H15N3O. The van der Waals surface area contributed by atoms with Gasteiger partial charge in [0, 0.05) is 18.2 Å². The number of aldehydes is 1. The first-order valence-electron chi connectivity index (χ1n) is 6.06. The summed E-state index contributed by atoms with van der Waals surface area (Å²) < 4.78 is 0. The number of anilines is 1. The molecule has 1 unspecified atom stereocenters. The molecule has 0 spiro atoms. The molecule has 4 nitrogen and oxygen atoms in total. The van der Waals surface area contributed by atoms with Crippen LogP contribution < -0.4 is 4.90 Å². The van der Waals surface area contributed by atoms with E-state index in [1.165, 1.54) is 5.70 Å². The van der Waals surface area contributed by atoms with Crippen LogP contribution in [0.2, 0.25) is 0 Å². The summed E-state index contributed by atoms with van der Waals surface area (Å²) >= 11 is 0. The van der Waals surface area contributed by atoms with E-state index in [-0.39, 0.29) is 11.2 Å². The number of aromatic nitrogens is 2. The molecular weight excluding hydrogens is 226 g/mol. The summed E-state index contributed by atoms with van der Waals surface area (Å²) in [6, 6.07) is 0. The lowest BCUT2D eigenvalue weighted by molar-refractivity contribution is 0.111. The summed E-state index contributed by atoms with van der Waals surface area (Å²) in [4.78, 5) is 20.7. The van der Waals surface area contributed by atoms with Crippen LogP contribution in [0.15, 0.2) is 36.3 Å². The highest BCUT2D eigenvalue weighted by atomic mass is 16.1. The fourth-order valence-electron chi connectivity index (χ4n) is 2.58. The summed E-state index contributed by atoms with van der Waals surface area (Å²) in [5, 5.41) is 0. The monoisotopic (exact) mass is 241 g/mol. The number of carbonyl (C=O) groups excluding carboxylic acids is 1. The maximum absolute atomic E-state index is 10.5. The maximum atomic E-state index is 10.5. The van der Waals surface area contributed by atoms with Gasteiger partial charge in [-0.05, 0) is 11.5 Å². The number of fused-ring (bicyclic) bond motifs is 1. The van der Waals surface area contributed by atoms with Gasteiger partial charge in [0.2, 0.25) is 0 Å². The quantitative estimate of drug-likeness (QED) is 0.745. The van der Waals surface area contributed by atoms with Crippen molar-refractivity contribution in [2.75, 3.05) is 11.4 Å². The Morgan fingerprint density at radius 2 is 2.11 bits per heavy atom. The number of rotatable bonds is 2. The summed E-state index contributed by atoms with van der Waals surface area (Å²) in [7, 11) is 0. The van der Waals surface area contributed by atoms with E-state index in [2.05, 4.69) is 46.9 Å². The molecule has 1 atom stereocenters. The molecule has 0 saturated carbocycles. The molecule has 2 aliphatic rings. The molecule has 2 heterocycles. The Labute approximate surface area is 106 Å². The van der Waals surface area contributed by atoms with Gasteiger partial charge in [-0.2, -0.15) is 0 Å². The van der Waals surface area contributed by atoms with E-state index in [4.69, 9.17) is 0 Å². The standard InChI is InChI=1S/C14H15N3O/c1-14(2)5-3-4-12-11(14)8-17(12)10-6-15-13(9-18)16-7-10/h3-7,9,11H,8H2,1-2H3. The highest BCUT2D eigenvalue weighted by molar-refractivity contribution is 5.69. The first-order valence-corrected chi connectivity index (χ1v) is 6.06. The van der Waals surface area contributed by atoms with E-state index in [0.717, 1.165) is 12.2 Å². The lowest BCUT2D eigenvalue weighted by Crippen LogP contribution is -2.51. The summed E-state index contributed by atoms with van der Waals surface area (Å²) in [5.74, 6) is 0.793. The average molecular weight is 241 g/mol. The lowest BCUT2D eigenvalue weighted by atomic mass is 9.69. The van der Waals surface area contributed by atoms with Crippen molar-refractivity contribution in [3.05, 3.63) is 42.1 Å². The molecule has 1 aliphatic carbocycles. The minimum absolute atomic E-state index is 0.212. The Bertz CT molecular complexity index is 543. The third-order valence-corrected chi connectivity index (χ3v) is 3.80. The number of carbonyl (C=O) groups is 1. The fraction of sp³-hybridized carbons (Fsp3) is 0.357. The van der Waals surface area contributed by atoms with Gasteiger partial charge in [0.1, 0.15) is 0 Å². The molecule has 1 aromatic rings. The maximum Gasteiger partial charge on any atom is 0.192 e. The molecule has 1 fully saturated rings. The van der Waals surface area contributed by atoms with Crippen LogP contribution in [-0.4, -0.2) is 22.8 Å². The van der Waals surface area contributed by atoms with Crippen LogP contribution in [0.25, 0.3) is 0 Å². The molecule has 1 aromatic heterocycles. The number of allylic oxidation sites excluding steroid dienone is 3. The third-order valence-electron chi connectivity index (χ3n) is 3.80. The van der Waals surface area contributed by atoms with Crippen molar-refractivity contribution in [1.82, 2.24) is 9.97 Å². The summed E-state index contributed by atoms with van der Waals surface area (Å²) in [6.07, 6.45) is 10.6. The first-order chi connectivity index (χ1) is 8.62. The fourth-order valence-corrected chi connectivity index (χ4v) is 2.58. The average Bonchev–Trinajstić information content (AvgIpc) is 2.32. The highest BCUT2D eigenvalue weighted by Crippen LogP contribution is 2.47. The van der Waals surface area contributed by atoms with E-state index in [0.29, 0.717) is 12.2 Å². The molecule has 18 heavy (non-hydrogen) atoms. The van der Waals surface area contributed by atoms with E-state index in [1.54, 1.807) is 12.4 Å². The van der Waals surface area contributed by atoms with Crippen LogP contribution in [-0.2, 0) is 0 Å². The SMILES string of the molecule is CC1(C)C=CC=C2C1CN2c1cnc(C=O)nc1. The zero-order valence-electron chi connectivity index (χ0n) is 10.5. The molecule has 0 N–H and O–H groups in total. The van der Waals surface area contributed by atoms with E-state index in [1.807, 2.05) is 0 Å². The van der Waals surface area contributed by atoms with Gasteiger partial charge in [-0.3, -0.25) is 4.79 Å². The van der Waals surface area contributed by atoms with E-state index in [9.17, 15) is 4.79 Å². The number of hydrogen-bond donors (Lipinski definition) is 0. The molecule has 4 heteroatoms. The first kappa shape index (κ1) is 11.1. The molecule has 0 aromatic carbocycles. The van der Waals surface area contributed by atoms with Gasteiger partial charge in [0.15, 0.2) is 12.1 Å². The van der Waals surface area contributed by atoms with Gasteiger partial charge in [-0.25, -0.2) is 9.97 Å². The predicted octanol–water partition coefficient (Wildman–Crippen LogP) is 2.21. The topological polar surface area (TPSA) is 46.1 Å². The van der Waals surface area contributed by atoms with Gasteiger partial charge in [-0.15, -0.1) is 0 Å². The second-order valence-electron chi connectivity index (χ2n) is 5.35. The molecule has 0 radical (unpaired) electrons. The Kier molecular flexibility index (Phi) is 2.33. The largest absolute Gasteiger partial charge is 0.342 e. The van der Waals surface area contributed by atoms with E-state index >= 15 is 0 Å². The van der Waals surface area contributed by atoms with Crippen LogP contribution >= 0.6 is 0 Å². The van der Waals surface area contributed by atoms with Crippen molar-refractivity contribution >= 4 is 12.0 Å². The van der Waals surface area contributed by atoms with Gasteiger partial charge >= 0.3 is 0 Å². The molecule has 0 amide bonds. The molecule has 3 rings (SSSR count). The van der Waals surface area contributed by atoms with Crippen LogP contribution in [0.5, 0.6) is 0 Å². The van der Waals surface area contributed by atoms with Crippen molar-refractivity contribution in [1.29, 1.82) is 0 Å². The van der Waals surface area contributed by atoms with Crippen molar-refractivity contribution < 1.29 is 4.79 Å². The van der Waals surface area contributed by atoms with E-state index < -0.39 is 0 Å². The number of hydrogen-bond acceptors (Lipinski definition) is 4. The highest BCUT2D eigenvalue weighted by Gasteiger charge is 2.43. The van der Waals surface area contributed by atoms with Gasteiger partial charge in [-0.1, -0.05) is 26.0 Å². The predicted molar refractivity (Wildman–Crippen MR) is 69.3 cm³/mol. The van der Waals surface area contributed by atoms with Crippen molar-refractivity contribution in [3.8, 4) is 0 Å². The van der Waals surface area contributed by atoms with Gasteiger partial charge in [0.25, 0.3) is 0 Å². The summed E-state index contributed by atoms with van der Waals surface area (Å²) in [6.45, 7) is 5.49. The third kappa shape index (κ3) is 1.56. The minimum atomic E-state index is 0.212. The number of nitrogens with zero attached hydrogens (tertiary/aromatic N) is 3. The molecule has 1 saturated heterocycles. The zero-order chi connectivity index (χ0) is 12.8. The molecule has 0 bridgehead atoms. The smallest absolute Gasteiger partial charge is 0.192 e. The zero-order valence-corrected chi connectivity index (χ0v) is 10.5. The van der Waals surface area contributed by atoms with Crippen LogP contribution in [0.3, 0.4) is 0 Å². The Hall–Kier alpha value is -1.97. The normalized spacial score (nSPS) is 24.0. The summed E-state index contributed by atoms with van der Waals surface area (Å²) in [5.41, 5.74) is 2.48. The van der Waals surface area contributed by atoms with Crippen molar-refractivity contribution in [2.24, 2.45) is 11.3 Å². The Balaban J connectivity index is 1.86. The second kappa shape index (κ2) is 3.77.